The van der Waals surface area contributed by atoms with Gasteiger partial charge in [0.2, 0.25) is 0 Å². The van der Waals surface area contributed by atoms with Gasteiger partial charge in [-0.05, 0) is 38.4 Å². The minimum atomic E-state index is -4.76. The summed E-state index contributed by atoms with van der Waals surface area (Å²) < 4.78 is 41.4. The number of nitrogens with one attached hydrogen (secondary N) is 2. The predicted octanol–water partition coefficient (Wildman–Crippen LogP) is 2.97. The Bertz CT molecular complexity index is 662. The number of para-hydroxylation sites is 1. The van der Waals surface area contributed by atoms with Crippen LogP contribution in [0, 0.1) is 0 Å². The van der Waals surface area contributed by atoms with E-state index in [1.54, 1.807) is 6.07 Å². The first-order chi connectivity index (χ1) is 10.4. The third kappa shape index (κ3) is 2.92. The third-order valence-electron chi connectivity index (χ3n) is 3.73. The van der Waals surface area contributed by atoms with Crippen molar-refractivity contribution in [3.8, 4) is 17.1 Å². The summed E-state index contributed by atoms with van der Waals surface area (Å²) >= 11 is 0. The molecule has 0 saturated carbocycles. The van der Waals surface area contributed by atoms with Crippen LogP contribution < -0.4 is 10.1 Å². The first kappa shape index (κ1) is 14.8. The summed E-state index contributed by atoms with van der Waals surface area (Å²) in [7, 11) is 0. The number of aromatic amines is 1. The summed E-state index contributed by atoms with van der Waals surface area (Å²) in [6.07, 6.45) is -2.85. The highest BCUT2D eigenvalue weighted by Gasteiger charge is 2.35. The van der Waals surface area contributed by atoms with Gasteiger partial charge < -0.3 is 10.1 Å². The number of hydrogen-bond acceptors (Lipinski definition) is 4. The smallest absolute Gasteiger partial charge is 0.405 e. The van der Waals surface area contributed by atoms with Gasteiger partial charge in [0.05, 0.1) is 11.1 Å². The van der Waals surface area contributed by atoms with Crippen molar-refractivity contribution in [2.75, 3.05) is 6.54 Å². The number of rotatable bonds is 3. The number of aromatic nitrogens is 3. The van der Waals surface area contributed by atoms with E-state index in [9.17, 15) is 13.2 Å². The van der Waals surface area contributed by atoms with Gasteiger partial charge in [0.15, 0.2) is 5.82 Å². The molecule has 2 N–H and O–H groups in total. The summed E-state index contributed by atoms with van der Waals surface area (Å²) in [5, 5.41) is 10.2. The van der Waals surface area contributed by atoms with Crippen LogP contribution in [0.4, 0.5) is 13.2 Å². The Balaban J connectivity index is 1.94. The molecule has 1 aliphatic rings. The molecule has 1 aromatic carbocycles. The maximum absolute atomic E-state index is 12.5. The summed E-state index contributed by atoms with van der Waals surface area (Å²) in [6.45, 7) is 2.86. The molecule has 0 amide bonds. The maximum Gasteiger partial charge on any atom is 0.573 e. The average Bonchev–Trinajstić information content (AvgIpc) is 3.07. The van der Waals surface area contributed by atoms with Crippen molar-refractivity contribution in [3.05, 3.63) is 30.1 Å². The molecule has 1 unspecified atom stereocenters. The number of hydrogen-bond donors (Lipinski definition) is 2. The van der Waals surface area contributed by atoms with Crippen LogP contribution in [-0.2, 0) is 5.54 Å². The van der Waals surface area contributed by atoms with Crippen molar-refractivity contribution in [2.24, 2.45) is 0 Å². The van der Waals surface area contributed by atoms with E-state index in [-0.39, 0.29) is 22.7 Å². The second-order valence-electron chi connectivity index (χ2n) is 5.41. The lowest BCUT2D eigenvalue weighted by Gasteiger charge is -2.20. The summed E-state index contributed by atoms with van der Waals surface area (Å²) in [5.41, 5.74) is -0.130. The zero-order valence-electron chi connectivity index (χ0n) is 11.9. The standard InChI is InChI=1S/C14H15F3N4O/c1-13(7-4-8-18-13)12-19-11(20-21-12)9-5-2-3-6-10(9)22-14(15,16)17/h2-3,5-6,18H,4,7-8H2,1H3,(H,19,20,21). The van der Waals surface area contributed by atoms with Crippen molar-refractivity contribution in [1.82, 2.24) is 20.5 Å². The second-order valence-corrected chi connectivity index (χ2v) is 5.41. The third-order valence-corrected chi connectivity index (χ3v) is 3.73. The fourth-order valence-electron chi connectivity index (χ4n) is 2.59. The van der Waals surface area contributed by atoms with E-state index in [0.717, 1.165) is 19.4 Å². The van der Waals surface area contributed by atoms with Gasteiger partial charge in [-0.1, -0.05) is 12.1 Å². The minimum absolute atomic E-state index is 0.185. The normalized spacial score (nSPS) is 22.0. The molecule has 1 fully saturated rings. The van der Waals surface area contributed by atoms with E-state index < -0.39 is 6.36 Å². The molecular formula is C14H15F3N4O. The van der Waals surface area contributed by atoms with E-state index in [4.69, 9.17) is 0 Å². The van der Waals surface area contributed by atoms with Crippen LogP contribution in [0.2, 0.25) is 0 Å². The van der Waals surface area contributed by atoms with Crippen LogP contribution in [0.3, 0.4) is 0 Å². The minimum Gasteiger partial charge on any atom is -0.405 e. The van der Waals surface area contributed by atoms with Gasteiger partial charge >= 0.3 is 6.36 Å². The van der Waals surface area contributed by atoms with Crippen molar-refractivity contribution < 1.29 is 17.9 Å². The highest BCUT2D eigenvalue weighted by Crippen LogP contribution is 2.34. The Morgan fingerprint density at radius 2 is 2.05 bits per heavy atom. The SMILES string of the molecule is CC1(c2nc(-c3ccccc3OC(F)(F)F)n[nH]2)CCCN1. The van der Waals surface area contributed by atoms with Crippen LogP contribution in [0.15, 0.2) is 24.3 Å². The first-order valence-corrected chi connectivity index (χ1v) is 6.90. The van der Waals surface area contributed by atoms with Gasteiger partial charge in [0.1, 0.15) is 11.6 Å². The van der Waals surface area contributed by atoms with Gasteiger partial charge in [-0.15, -0.1) is 13.2 Å². The van der Waals surface area contributed by atoms with Gasteiger partial charge in [-0.3, -0.25) is 5.10 Å². The topological polar surface area (TPSA) is 62.8 Å². The number of halogens is 3. The molecule has 0 aliphatic carbocycles. The van der Waals surface area contributed by atoms with E-state index in [0.29, 0.717) is 5.82 Å². The van der Waals surface area contributed by atoms with Crippen LogP contribution in [-0.4, -0.2) is 28.1 Å². The molecular weight excluding hydrogens is 297 g/mol. The van der Waals surface area contributed by atoms with E-state index in [2.05, 4.69) is 25.2 Å². The monoisotopic (exact) mass is 312 g/mol. The number of H-pyrrole nitrogens is 1. The first-order valence-electron chi connectivity index (χ1n) is 6.90. The van der Waals surface area contributed by atoms with Crippen LogP contribution >= 0.6 is 0 Å². The Hall–Kier alpha value is -2.09. The number of alkyl halides is 3. The molecule has 8 heteroatoms. The van der Waals surface area contributed by atoms with Crippen molar-refractivity contribution in [1.29, 1.82) is 0 Å². The quantitative estimate of drug-likeness (QED) is 0.914. The van der Waals surface area contributed by atoms with Crippen molar-refractivity contribution in [3.63, 3.8) is 0 Å². The summed E-state index contributed by atoms with van der Waals surface area (Å²) in [5.74, 6) is 0.483. The fraction of sp³-hybridized carbons (Fsp3) is 0.429. The van der Waals surface area contributed by atoms with Gasteiger partial charge in [0, 0.05) is 0 Å². The Morgan fingerprint density at radius 1 is 1.27 bits per heavy atom. The summed E-state index contributed by atoms with van der Waals surface area (Å²) in [4.78, 5) is 4.35. The molecule has 0 spiro atoms. The Labute approximate surface area is 124 Å². The maximum atomic E-state index is 12.5. The molecule has 5 nitrogen and oxygen atoms in total. The fourth-order valence-corrected chi connectivity index (χ4v) is 2.59. The zero-order valence-corrected chi connectivity index (χ0v) is 11.9. The lowest BCUT2D eigenvalue weighted by Crippen LogP contribution is -2.34. The molecule has 0 bridgehead atoms. The van der Waals surface area contributed by atoms with Crippen LogP contribution in [0.25, 0.3) is 11.4 Å². The molecule has 1 aromatic heterocycles. The molecule has 1 saturated heterocycles. The number of nitrogens with zero attached hydrogens (tertiary/aromatic N) is 2. The average molecular weight is 312 g/mol. The highest BCUT2D eigenvalue weighted by atomic mass is 19.4. The Morgan fingerprint density at radius 3 is 2.73 bits per heavy atom. The summed E-state index contributed by atoms with van der Waals surface area (Å²) in [6, 6.07) is 5.83. The van der Waals surface area contributed by atoms with Crippen LogP contribution in [0.5, 0.6) is 5.75 Å². The largest absolute Gasteiger partial charge is 0.573 e. The molecule has 1 atom stereocenters. The lowest BCUT2D eigenvalue weighted by atomic mass is 10.00. The molecule has 118 valence electrons. The predicted molar refractivity (Wildman–Crippen MR) is 73.1 cm³/mol. The van der Waals surface area contributed by atoms with E-state index in [1.807, 2.05) is 6.92 Å². The molecule has 0 radical (unpaired) electrons. The van der Waals surface area contributed by atoms with E-state index in [1.165, 1.54) is 18.2 Å². The Kier molecular flexibility index (Phi) is 3.56. The van der Waals surface area contributed by atoms with Crippen LogP contribution in [0.1, 0.15) is 25.6 Å². The van der Waals surface area contributed by atoms with Crippen molar-refractivity contribution >= 4 is 0 Å². The van der Waals surface area contributed by atoms with Gasteiger partial charge in [-0.25, -0.2) is 4.98 Å². The van der Waals surface area contributed by atoms with Crippen molar-refractivity contribution in [2.45, 2.75) is 31.7 Å². The molecule has 1 aliphatic heterocycles. The van der Waals surface area contributed by atoms with E-state index >= 15 is 0 Å². The lowest BCUT2D eigenvalue weighted by molar-refractivity contribution is -0.274. The number of benzene rings is 1. The number of ether oxygens (including phenoxy) is 1. The van der Waals surface area contributed by atoms with Gasteiger partial charge in [-0.2, -0.15) is 5.10 Å². The highest BCUT2D eigenvalue weighted by molar-refractivity contribution is 5.63. The molecule has 2 aromatic rings. The molecule has 2 heterocycles. The molecule has 22 heavy (non-hydrogen) atoms. The zero-order chi connectivity index (χ0) is 15.8. The second kappa shape index (κ2) is 5.28. The van der Waals surface area contributed by atoms with Gasteiger partial charge in [0.25, 0.3) is 0 Å². The molecule has 3 rings (SSSR count).